The van der Waals surface area contributed by atoms with Crippen LogP contribution in [-0.4, -0.2) is 17.8 Å². The molecule has 90 valence electrons. The normalized spacial score (nSPS) is 20.2. The van der Waals surface area contributed by atoms with Gasteiger partial charge in [-0.15, -0.1) is 0 Å². The van der Waals surface area contributed by atoms with Crippen molar-refractivity contribution in [1.29, 1.82) is 0 Å². The van der Waals surface area contributed by atoms with Crippen molar-refractivity contribution in [2.45, 2.75) is 19.5 Å². The summed E-state index contributed by atoms with van der Waals surface area (Å²) in [5.74, 6) is 0.666. The molecule has 3 rings (SSSR count). The molecule has 2 aromatic rings. The molecule has 17 heavy (non-hydrogen) atoms. The van der Waals surface area contributed by atoms with E-state index in [0.29, 0.717) is 12.5 Å². The molecule has 0 aliphatic carbocycles. The van der Waals surface area contributed by atoms with Gasteiger partial charge in [0.05, 0.1) is 6.61 Å². The maximum absolute atomic E-state index is 5.66. The van der Waals surface area contributed by atoms with Crippen LogP contribution in [0.5, 0.6) is 0 Å². The van der Waals surface area contributed by atoms with E-state index in [1.165, 1.54) is 22.9 Å². The molecular weight excluding hydrogens is 212 g/mol. The third-order valence-corrected chi connectivity index (χ3v) is 3.55. The van der Waals surface area contributed by atoms with Gasteiger partial charge in [0.2, 0.25) is 0 Å². The summed E-state index contributed by atoms with van der Waals surface area (Å²) in [6.07, 6.45) is 3.35. The average molecular weight is 230 g/mol. The number of fused-ring (bicyclic) bond motifs is 1. The molecule has 0 amide bonds. The van der Waals surface area contributed by atoms with E-state index in [1.54, 1.807) is 0 Å². The van der Waals surface area contributed by atoms with Gasteiger partial charge in [-0.1, -0.05) is 6.07 Å². The number of hydrogen-bond acceptors (Lipinski definition) is 2. The number of rotatable bonds is 3. The smallest absolute Gasteiger partial charge is 0.0512 e. The zero-order chi connectivity index (χ0) is 11.7. The van der Waals surface area contributed by atoms with Crippen molar-refractivity contribution in [3.05, 3.63) is 36.0 Å². The Hall–Kier alpha value is -1.32. The summed E-state index contributed by atoms with van der Waals surface area (Å²) in [5, 5.41) is 1.28. The Bertz CT molecular complexity index is 512. The Labute approximate surface area is 101 Å². The highest BCUT2D eigenvalue weighted by molar-refractivity contribution is 5.80. The predicted molar refractivity (Wildman–Crippen MR) is 68.8 cm³/mol. The lowest BCUT2D eigenvalue weighted by molar-refractivity contribution is 0.183. The number of aromatic nitrogens is 1. The maximum atomic E-state index is 5.66. The molecule has 0 radical (unpaired) electrons. The first-order valence-electron chi connectivity index (χ1n) is 6.22. The van der Waals surface area contributed by atoms with E-state index in [1.807, 2.05) is 0 Å². The lowest BCUT2D eigenvalue weighted by Gasteiger charge is -2.10. The molecule has 1 atom stereocenters. The van der Waals surface area contributed by atoms with E-state index in [0.717, 1.165) is 19.8 Å². The second-order valence-corrected chi connectivity index (χ2v) is 4.80. The van der Waals surface area contributed by atoms with E-state index in [2.05, 4.69) is 35.0 Å². The molecule has 1 aliphatic heterocycles. The first kappa shape index (κ1) is 10.8. The van der Waals surface area contributed by atoms with Gasteiger partial charge in [-0.25, -0.2) is 0 Å². The van der Waals surface area contributed by atoms with Gasteiger partial charge in [-0.2, -0.15) is 0 Å². The fraction of sp³-hybridized carbons (Fsp3) is 0.429. The van der Waals surface area contributed by atoms with Crippen molar-refractivity contribution < 1.29 is 4.74 Å². The number of hydrogen-bond donors (Lipinski definition) is 1. The average Bonchev–Trinajstić information content (AvgIpc) is 2.99. The molecule has 2 N–H and O–H groups in total. The highest BCUT2D eigenvalue weighted by Crippen LogP contribution is 2.21. The van der Waals surface area contributed by atoms with Crippen molar-refractivity contribution in [2.75, 3.05) is 13.2 Å². The molecule has 3 heteroatoms. The molecule has 3 nitrogen and oxygen atoms in total. The SMILES string of the molecule is NCc1ccc2c(ccn2CC2CCOC2)c1. The summed E-state index contributed by atoms with van der Waals surface area (Å²) in [7, 11) is 0. The van der Waals surface area contributed by atoms with Crippen LogP contribution in [0.25, 0.3) is 10.9 Å². The fourth-order valence-corrected chi connectivity index (χ4v) is 2.54. The van der Waals surface area contributed by atoms with Crippen LogP contribution in [-0.2, 0) is 17.8 Å². The first-order valence-corrected chi connectivity index (χ1v) is 6.22. The Balaban J connectivity index is 1.89. The van der Waals surface area contributed by atoms with Crippen LogP contribution < -0.4 is 5.73 Å². The van der Waals surface area contributed by atoms with E-state index >= 15 is 0 Å². The summed E-state index contributed by atoms with van der Waals surface area (Å²) >= 11 is 0. The molecule has 1 aromatic heterocycles. The van der Waals surface area contributed by atoms with Gasteiger partial charge in [0, 0.05) is 37.3 Å². The van der Waals surface area contributed by atoms with Gasteiger partial charge in [-0.3, -0.25) is 0 Å². The highest BCUT2D eigenvalue weighted by Gasteiger charge is 2.16. The van der Waals surface area contributed by atoms with Crippen molar-refractivity contribution in [1.82, 2.24) is 4.57 Å². The zero-order valence-corrected chi connectivity index (χ0v) is 9.93. The molecule has 0 bridgehead atoms. The van der Waals surface area contributed by atoms with Crippen LogP contribution in [0.4, 0.5) is 0 Å². The van der Waals surface area contributed by atoms with Gasteiger partial charge < -0.3 is 15.0 Å². The Kier molecular flexibility index (Phi) is 2.87. The Morgan fingerprint density at radius 2 is 2.29 bits per heavy atom. The summed E-state index contributed by atoms with van der Waals surface area (Å²) in [6.45, 7) is 3.49. The second kappa shape index (κ2) is 4.51. The summed E-state index contributed by atoms with van der Waals surface area (Å²) in [4.78, 5) is 0. The van der Waals surface area contributed by atoms with E-state index < -0.39 is 0 Å². The van der Waals surface area contributed by atoms with Crippen molar-refractivity contribution in [3.63, 3.8) is 0 Å². The minimum atomic E-state index is 0.609. The summed E-state index contributed by atoms with van der Waals surface area (Å²) in [5.41, 5.74) is 8.15. The molecule has 1 aromatic carbocycles. The van der Waals surface area contributed by atoms with E-state index in [4.69, 9.17) is 10.5 Å². The molecule has 1 saturated heterocycles. The predicted octanol–water partition coefficient (Wildman–Crippen LogP) is 2.14. The van der Waals surface area contributed by atoms with Gasteiger partial charge in [0.15, 0.2) is 0 Å². The van der Waals surface area contributed by atoms with Gasteiger partial charge >= 0.3 is 0 Å². The summed E-state index contributed by atoms with van der Waals surface area (Å²) in [6, 6.07) is 8.64. The number of ether oxygens (including phenoxy) is 1. The standard InChI is InChI=1S/C14H18N2O/c15-8-11-1-2-14-13(7-11)3-5-16(14)9-12-4-6-17-10-12/h1-3,5,7,12H,4,6,8-10,15H2. The van der Waals surface area contributed by atoms with Gasteiger partial charge in [0.1, 0.15) is 0 Å². The molecule has 0 spiro atoms. The first-order chi connectivity index (χ1) is 8.36. The van der Waals surface area contributed by atoms with Crippen LogP contribution in [0.3, 0.4) is 0 Å². The molecule has 1 unspecified atom stereocenters. The van der Waals surface area contributed by atoms with Crippen LogP contribution >= 0.6 is 0 Å². The van der Waals surface area contributed by atoms with Crippen molar-refractivity contribution >= 4 is 10.9 Å². The zero-order valence-electron chi connectivity index (χ0n) is 9.93. The number of nitrogens with zero attached hydrogens (tertiary/aromatic N) is 1. The quantitative estimate of drug-likeness (QED) is 0.877. The maximum Gasteiger partial charge on any atom is 0.0512 e. The van der Waals surface area contributed by atoms with Crippen molar-refractivity contribution in [2.24, 2.45) is 11.7 Å². The van der Waals surface area contributed by atoms with E-state index in [9.17, 15) is 0 Å². The highest BCUT2D eigenvalue weighted by atomic mass is 16.5. The monoisotopic (exact) mass is 230 g/mol. The minimum absolute atomic E-state index is 0.609. The lowest BCUT2D eigenvalue weighted by atomic mass is 10.1. The van der Waals surface area contributed by atoms with E-state index in [-0.39, 0.29) is 0 Å². The van der Waals surface area contributed by atoms with Crippen LogP contribution in [0.2, 0.25) is 0 Å². The second-order valence-electron chi connectivity index (χ2n) is 4.80. The topological polar surface area (TPSA) is 40.2 Å². The third-order valence-electron chi connectivity index (χ3n) is 3.55. The van der Waals surface area contributed by atoms with Crippen LogP contribution in [0.15, 0.2) is 30.5 Å². The fourth-order valence-electron chi connectivity index (χ4n) is 2.54. The number of nitrogens with two attached hydrogens (primary N) is 1. The molecule has 1 fully saturated rings. The minimum Gasteiger partial charge on any atom is -0.381 e. The molecule has 1 aliphatic rings. The molecular formula is C14H18N2O. The lowest BCUT2D eigenvalue weighted by Crippen LogP contribution is -2.09. The molecule has 2 heterocycles. The van der Waals surface area contributed by atoms with Gasteiger partial charge in [0.25, 0.3) is 0 Å². The number of benzene rings is 1. The van der Waals surface area contributed by atoms with Crippen molar-refractivity contribution in [3.8, 4) is 0 Å². The summed E-state index contributed by atoms with van der Waals surface area (Å²) < 4.78 is 7.75. The van der Waals surface area contributed by atoms with Crippen LogP contribution in [0, 0.1) is 5.92 Å². The molecule has 0 saturated carbocycles. The largest absolute Gasteiger partial charge is 0.381 e. The van der Waals surface area contributed by atoms with Gasteiger partial charge in [-0.05, 0) is 35.6 Å². The Morgan fingerprint density at radius 3 is 3.06 bits per heavy atom. The van der Waals surface area contributed by atoms with Crippen LogP contribution in [0.1, 0.15) is 12.0 Å². The Morgan fingerprint density at radius 1 is 1.35 bits per heavy atom. The third kappa shape index (κ3) is 2.08.